The quantitative estimate of drug-likeness (QED) is 0.720. The van der Waals surface area contributed by atoms with Gasteiger partial charge in [-0.15, -0.1) is 0 Å². The second-order valence-corrected chi connectivity index (χ2v) is 7.08. The second kappa shape index (κ2) is 8.27. The SMILES string of the molecule is CCc1ccccc1NC(=O)c1ccnc(C(=O)N2CCCc3ccccc32)c1. The minimum absolute atomic E-state index is 0.180. The number of anilines is 2. The average molecular weight is 385 g/mol. The second-order valence-electron chi connectivity index (χ2n) is 7.08. The number of aryl methyl sites for hydroxylation is 2. The standard InChI is InChI=1S/C24H23N3O2/c1-2-17-8-3-5-11-20(17)26-23(28)19-13-14-25-21(16-19)24(29)27-15-7-10-18-9-4-6-12-22(18)27/h3-6,8-9,11-14,16H,2,7,10,15H2,1H3,(H,26,28). The van der Waals surface area contributed by atoms with E-state index in [1.54, 1.807) is 17.0 Å². The largest absolute Gasteiger partial charge is 0.322 e. The zero-order valence-corrected chi connectivity index (χ0v) is 16.4. The van der Waals surface area contributed by atoms with Crippen LogP contribution in [0.5, 0.6) is 0 Å². The summed E-state index contributed by atoms with van der Waals surface area (Å²) in [5.41, 5.74) is 4.64. The van der Waals surface area contributed by atoms with Gasteiger partial charge in [-0.25, -0.2) is 0 Å². The first-order valence-corrected chi connectivity index (χ1v) is 9.92. The van der Waals surface area contributed by atoms with Crippen molar-refractivity contribution in [3.8, 4) is 0 Å². The van der Waals surface area contributed by atoms with Gasteiger partial charge in [0.05, 0.1) is 0 Å². The summed E-state index contributed by atoms with van der Waals surface area (Å²) >= 11 is 0. The van der Waals surface area contributed by atoms with Crippen LogP contribution in [0.25, 0.3) is 0 Å². The first-order chi connectivity index (χ1) is 14.2. The lowest BCUT2D eigenvalue weighted by atomic mass is 10.0. The number of aromatic nitrogens is 1. The number of carbonyl (C=O) groups is 2. The van der Waals surface area contributed by atoms with Crippen molar-refractivity contribution in [1.82, 2.24) is 4.98 Å². The first-order valence-electron chi connectivity index (χ1n) is 9.92. The van der Waals surface area contributed by atoms with E-state index in [1.807, 2.05) is 49.4 Å². The Morgan fingerprint density at radius 2 is 1.86 bits per heavy atom. The molecule has 5 nitrogen and oxygen atoms in total. The number of nitrogens with zero attached hydrogens (tertiary/aromatic N) is 2. The number of benzene rings is 2. The fourth-order valence-electron chi connectivity index (χ4n) is 3.72. The molecule has 29 heavy (non-hydrogen) atoms. The molecular formula is C24H23N3O2. The highest BCUT2D eigenvalue weighted by Gasteiger charge is 2.24. The molecule has 1 N–H and O–H groups in total. The smallest absolute Gasteiger partial charge is 0.276 e. The van der Waals surface area contributed by atoms with Gasteiger partial charge in [-0.1, -0.05) is 43.3 Å². The molecule has 0 unspecified atom stereocenters. The molecule has 0 saturated carbocycles. The van der Waals surface area contributed by atoms with Crippen LogP contribution >= 0.6 is 0 Å². The van der Waals surface area contributed by atoms with Crippen molar-refractivity contribution in [2.75, 3.05) is 16.8 Å². The summed E-state index contributed by atoms with van der Waals surface area (Å²) in [6, 6.07) is 18.9. The van der Waals surface area contributed by atoms with Crippen LogP contribution in [0.1, 0.15) is 45.3 Å². The minimum atomic E-state index is -0.249. The molecule has 0 fully saturated rings. The number of hydrogen-bond acceptors (Lipinski definition) is 3. The third kappa shape index (κ3) is 3.90. The third-order valence-corrected chi connectivity index (χ3v) is 5.24. The normalized spacial score (nSPS) is 12.9. The van der Waals surface area contributed by atoms with Crippen LogP contribution in [0.15, 0.2) is 66.9 Å². The van der Waals surface area contributed by atoms with Gasteiger partial charge in [-0.05, 0) is 54.7 Å². The Morgan fingerprint density at radius 3 is 2.72 bits per heavy atom. The Kier molecular flexibility index (Phi) is 5.38. The zero-order valence-electron chi connectivity index (χ0n) is 16.4. The summed E-state index contributed by atoms with van der Waals surface area (Å²) in [5.74, 6) is -0.429. The summed E-state index contributed by atoms with van der Waals surface area (Å²) in [7, 11) is 0. The van der Waals surface area contributed by atoms with E-state index in [-0.39, 0.29) is 17.5 Å². The fraction of sp³-hybridized carbons (Fsp3) is 0.208. The lowest BCUT2D eigenvalue weighted by Crippen LogP contribution is -2.36. The molecule has 2 aromatic carbocycles. The van der Waals surface area contributed by atoms with E-state index >= 15 is 0 Å². The molecule has 5 heteroatoms. The number of amides is 2. The molecule has 0 saturated heterocycles. The van der Waals surface area contributed by atoms with E-state index in [2.05, 4.69) is 16.4 Å². The van der Waals surface area contributed by atoms with E-state index < -0.39 is 0 Å². The molecule has 2 heterocycles. The van der Waals surface area contributed by atoms with Crippen LogP contribution in [0.4, 0.5) is 11.4 Å². The van der Waals surface area contributed by atoms with Crippen molar-refractivity contribution < 1.29 is 9.59 Å². The van der Waals surface area contributed by atoms with Crippen LogP contribution in [0.3, 0.4) is 0 Å². The summed E-state index contributed by atoms with van der Waals surface area (Å²) in [4.78, 5) is 31.9. The topological polar surface area (TPSA) is 62.3 Å². The summed E-state index contributed by atoms with van der Waals surface area (Å²) in [6.45, 7) is 2.70. The highest BCUT2D eigenvalue weighted by atomic mass is 16.2. The summed E-state index contributed by atoms with van der Waals surface area (Å²) in [6.07, 6.45) is 4.22. The number of para-hydroxylation sites is 2. The number of carbonyl (C=O) groups excluding carboxylic acids is 2. The average Bonchev–Trinajstić information content (AvgIpc) is 2.78. The Hall–Kier alpha value is -3.47. The number of hydrogen-bond donors (Lipinski definition) is 1. The Labute approximate surface area is 170 Å². The maximum absolute atomic E-state index is 13.1. The van der Waals surface area contributed by atoms with Gasteiger partial charge in [0.2, 0.25) is 0 Å². The van der Waals surface area contributed by atoms with E-state index in [4.69, 9.17) is 0 Å². The van der Waals surface area contributed by atoms with E-state index in [9.17, 15) is 9.59 Å². The summed E-state index contributed by atoms with van der Waals surface area (Å²) < 4.78 is 0. The predicted octanol–water partition coefficient (Wildman–Crippen LogP) is 4.49. The first kappa shape index (κ1) is 18.9. The summed E-state index contributed by atoms with van der Waals surface area (Å²) in [5, 5.41) is 2.95. The lowest BCUT2D eigenvalue weighted by molar-refractivity contribution is 0.0980. The van der Waals surface area contributed by atoms with Crippen molar-refractivity contribution in [2.24, 2.45) is 0 Å². The van der Waals surface area contributed by atoms with Gasteiger partial charge < -0.3 is 10.2 Å². The van der Waals surface area contributed by atoms with Crippen molar-refractivity contribution in [2.45, 2.75) is 26.2 Å². The Bertz CT molecular complexity index is 1060. The molecule has 146 valence electrons. The van der Waals surface area contributed by atoms with Crippen LogP contribution in [-0.2, 0) is 12.8 Å². The molecular weight excluding hydrogens is 362 g/mol. The van der Waals surface area contributed by atoms with Gasteiger partial charge in [-0.2, -0.15) is 0 Å². The van der Waals surface area contributed by atoms with Gasteiger partial charge >= 0.3 is 0 Å². The molecule has 0 spiro atoms. The molecule has 0 radical (unpaired) electrons. The van der Waals surface area contributed by atoms with Gasteiger partial charge in [0.1, 0.15) is 5.69 Å². The van der Waals surface area contributed by atoms with Gasteiger partial charge in [0.15, 0.2) is 0 Å². The Morgan fingerprint density at radius 1 is 1.07 bits per heavy atom. The molecule has 1 aromatic heterocycles. The maximum atomic E-state index is 13.1. The number of nitrogens with one attached hydrogen (secondary N) is 1. The van der Waals surface area contributed by atoms with Crippen LogP contribution in [0, 0.1) is 0 Å². The molecule has 1 aliphatic heterocycles. The number of fused-ring (bicyclic) bond motifs is 1. The van der Waals surface area contributed by atoms with Crippen molar-refractivity contribution in [3.05, 3.63) is 89.2 Å². The molecule has 1 aliphatic rings. The van der Waals surface area contributed by atoms with E-state index in [0.29, 0.717) is 12.1 Å². The minimum Gasteiger partial charge on any atom is -0.322 e. The van der Waals surface area contributed by atoms with Gasteiger partial charge in [0, 0.05) is 29.7 Å². The van der Waals surface area contributed by atoms with Crippen molar-refractivity contribution >= 4 is 23.2 Å². The Balaban J connectivity index is 1.58. The van der Waals surface area contributed by atoms with Gasteiger partial charge in [0.25, 0.3) is 11.8 Å². The molecule has 3 aromatic rings. The van der Waals surface area contributed by atoms with Crippen LogP contribution in [-0.4, -0.2) is 23.3 Å². The zero-order chi connectivity index (χ0) is 20.2. The third-order valence-electron chi connectivity index (χ3n) is 5.24. The highest BCUT2D eigenvalue weighted by molar-refractivity contribution is 6.09. The number of pyridine rings is 1. The monoisotopic (exact) mass is 385 g/mol. The van der Waals surface area contributed by atoms with E-state index in [1.165, 1.54) is 6.20 Å². The number of rotatable bonds is 4. The molecule has 0 bridgehead atoms. The fourth-order valence-corrected chi connectivity index (χ4v) is 3.72. The molecule has 0 atom stereocenters. The lowest BCUT2D eigenvalue weighted by Gasteiger charge is -2.29. The van der Waals surface area contributed by atoms with Crippen LogP contribution in [0.2, 0.25) is 0 Å². The highest BCUT2D eigenvalue weighted by Crippen LogP contribution is 2.28. The van der Waals surface area contributed by atoms with Crippen LogP contribution < -0.4 is 10.2 Å². The molecule has 4 rings (SSSR count). The van der Waals surface area contributed by atoms with Crippen molar-refractivity contribution in [3.63, 3.8) is 0 Å². The maximum Gasteiger partial charge on any atom is 0.276 e. The molecule has 2 amide bonds. The molecule has 0 aliphatic carbocycles. The van der Waals surface area contributed by atoms with Gasteiger partial charge in [-0.3, -0.25) is 14.6 Å². The van der Waals surface area contributed by atoms with E-state index in [0.717, 1.165) is 41.8 Å². The predicted molar refractivity (Wildman–Crippen MR) is 114 cm³/mol. The van der Waals surface area contributed by atoms with Crippen molar-refractivity contribution in [1.29, 1.82) is 0 Å².